The van der Waals surface area contributed by atoms with Gasteiger partial charge < -0.3 is 9.32 Å². The maximum Gasteiger partial charge on any atom is 0.134 e. The Kier molecular flexibility index (Phi) is 1.64. The number of hydrogen-bond donors (Lipinski definition) is 0. The van der Waals surface area contributed by atoms with Crippen LogP contribution in [0.15, 0.2) is 28.9 Å². The van der Waals surface area contributed by atoms with Crippen LogP contribution in [0.3, 0.4) is 0 Å². The molecule has 0 aliphatic carbocycles. The smallest absolute Gasteiger partial charge is 0.134 e. The number of nitrogens with zero attached hydrogens (tertiary/aromatic N) is 1. The first-order chi connectivity index (χ1) is 6.84. The maximum absolute atomic E-state index is 5.54. The molecule has 0 N–H and O–H groups in total. The van der Waals surface area contributed by atoms with Crippen LogP contribution in [0, 0.1) is 0 Å². The van der Waals surface area contributed by atoms with Crippen molar-refractivity contribution in [1.29, 1.82) is 0 Å². The molecule has 0 fully saturated rings. The molecule has 0 unspecified atom stereocenters. The van der Waals surface area contributed by atoms with E-state index in [2.05, 4.69) is 24.1 Å². The molecule has 0 amide bonds. The van der Waals surface area contributed by atoms with Gasteiger partial charge >= 0.3 is 0 Å². The van der Waals surface area contributed by atoms with Gasteiger partial charge in [0, 0.05) is 24.0 Å². The molecule has 72 valence electrons. The van der Waals surface area contributed by atoms with Crippen molar-refractivity contribution in [3.63, 3.8) is 0 Å². The summed E-state index contributed by atoms with van der Waals surface area (Å²) in [6.07, 6.45) is 3.02. The lowest BCUT2D eigenvalue weighted by atomic mass is 10.1. The molecule has 0 atom stereocenters. The van der Waals surface area contributed by atoms with Crippen molar-refractivity contribution < 1.29 is 4.42 Å². The monoisotopic (exact) mass is 187 g/mol. The summed E-state index contributed by atoms with van der Waals surface area (Å²) in [7, 11) is 2.16. The van der Waals surface area contributed by atoms with Crippen LogP contribution >= 0.6 is 0 Å². The van der Waals surface area contributed by atoms with E-state index >= 15 is 0 Å². The van der Waals surface area contributed by atoms with E-state index in [0.29, 0.717) is 0 Å². The van der Waals surface area contributed by atoms with Crippen molar-refractivity contribution in [3.05, 3.63) is 35.6 Å². The SMILES string of the molecule is CN1CCc2cccc3occ(c23)C1. The molecule has 0 saturated heterocycles. The molecule has 2 heteroatoms. The Labute approximate surface area is 83.1 Å². The lowest BCUT2D eigenvalue weighted by Crippen LogP contribution is -2.18. The zero-order chi connectivity index (χ0) is 9.54. The van der Waals surface area contributed by atoms with Crippen LogP contribution < -0.4 is 0 Å². The van der Waals surface area contributed by atoms with Gasteiger partial charge in [-0.05, 0) is 25.1 Å². The Hall–Kier alpha value is -1.28. The van der Waals surface area contributed by atoms with E-state index in [9.17, 15) is 0 Å². The second-order valence-electron chi connectivity index (χ2n) is 4.04. The van der Waals surface area contributed by atoms with Gasteiger partial charge in [-0.1, -0.05) is 12.1 Å². The van der Waals surface area contributed by atoms with Crippen molar-refractivity contribution in [2.24, 2.45) is 0 Å². The van der Waals surface area contributed by atoms with Gasteiger partial charge in [-0.2, -0.15) is 0 Å². The van der Waals surface area contributed by atoms with Gasteiger partial charge in [0.15, 0.2) is 0 Å². The van der Waals surface area contributed by atoms with Crippen LogP contribution in [-0.2, 0) is 13.0 Å². The number of rotatable bonds is 0. The van der Waals surface area contributed by atoms with E-state index in [0.717, 1.165) is 25.1 Å². The highest BCUT2D eigenvalue weighted by atomic mass is 16.3. The van der Waals surface area contributed by atoms with E-state index in [1.807, 2.05) is 12.3 Å². The third kappa shape index (κ3) is 1.07. The maximum atomic E-state index is 5.54. The third-order valence-electron chi connectivity index (χ3n) is 2.96. The summed E-state index contributed by atoms with van der Waals surface area (Å²) in [6.45, 7) is 2.14. The quantitative estimate of drug-likeness (QED) is 0.629. The normalized spacial score (nSPS) is 17.2. The molecule has 1 aromatic heterocycles. The predicted molar refractivity (Wildman–Crippen MR) is 56.3 cm³/mol. The average Bonchev–Trinajstić information content (AvgIpc) is 2.51. The summed E-state index contributed by atoms with van der Waals surface area (Å²) >= 11 is 0. The molecule has 0 spiro atoms. The Balaban J connectivity index is 2.30. The van der Waals surface area contributed by atoms with Crippen LogP contribution in [0.2, 0.25) is 0 Å². The van der Waals surface area contributed by atoms with Crippen LogP contribution in [0.25, 0.3) is 11.0 Å². The fraction of sp³-hybridized carbons (Fsp3) is 0.333. The van der Waals surface area contributed by atoms with Crippen LogP contribution in [0.1, 0.15) is 11.1 Å². The Morgan fingerprint density at radius 3 is 3.14 bits per heavy atom. The lowest BCUT2D eigenvalue weighted by Gasteiger charge is -2.11. The average molecular weight is 187 g/mol. The van der Waals surface area contributed by atoms with E-state index in [1.54, 1.807) is 0 Å². The fourth-order valence-corrected chi connectivity index (χ4v) is 2.24. The van der Waals surface area contributed by atoms with Gasteiger partial charge in [-0.15, -0.1) is 0 Å². The number of hydrogen-bond acceptors (Lipinski definition) is 2. The summed E-state index contributed by atoms with van der Waals surface area (Å²) in [4.78, 5) is 2.34. The molecule has 1 aromatic carbocycles. The first-order valence-electron chi connectivity index (χ1n) is 5.01. The van der Waals surface area contributed by atoms with Crippen LogP contribution in [0.5, 0.6) is 0 Å². The molecule has 14 heavy (non-hydrogen) atoms. The molecule has 0 saturated carbocycles. The summed E-state index contributed by atoms with van der Waals surface area (Å²) in [6, 6.07) is 6.34. The fourth-order valence-electron chi connectivity index (χ4n) is 2.24. The second-order valence-corrected chi connectivity index (χ2v) is 4.04. The van der Waals surface area contributed by atoms with Crippen molar-refractivity contribution in [3.8, 4) is 0 Å². The zero-order valence-electron chi connectivity index (χ0n) is 8.29. The second kappa shape index (κ2) is 2.85. The molecule has 3 rings (SSSR count). The van der Waals surface area contributed by atoms with Crippen molar-refractivity contribution in [2.75, 3.05) is 13.6 Å². The van der Waals surface area contributed by atoms with Crippen molar-refractivity contribution in [2.45, 2.75) is 13.0 Å². The van der Waals surface area contributed by atoms with Crippen molar-refractivity contribution >= 4 is 11.0 Å². The molecule has 2 aromatic rings. The van der Waals surface area contributed by atoms with E-state index in [4.69, 9.17) is 4.42 Å². The summed E-state index contributed by atoms with van der Waals surface area (Å²) < 4.78 is 5.54. The number of likely N-dealkylation sites (N-methyl/N-ethyl adjacent to an activating group) is 1. The first-order valence-corrected chi connectivity index (χ1v) is 5.01. The third-order valence-corrected chi connectivity index (χ3v) is 2.96. The molecule has 2 heterocycles. The topological polar surface area (TPSA) is 16.4 Å². The van der Waals surface area contributed by atoms with Gasteiger partial charge in [-0.25, -0.2) is 0 Å². The van der Waals surface area contributed by atoms with E-state index in [1.165, 1.54) is 16.5 Å². The summed E-state index contributed by atoms with van der Waals surface area (Å²) in [5, 5.41) is 1.34. The molecular weight excluding hydrogens is 174 g/mol. The van der Waals surface area contributed by atoms with Crippen LogP contribution in [0.4, 0.5) is 0 Å². The summed E-state index contributed by atoms with van der Waals surface area (Å²) in [5.41, 5.74) is 3.79. The lowest BCUT2D eigenvalue weighted by molar-refractivity contribution is 0.334. The van der Waals surface area contributed by atoms with Gasteiger partial charge in [0.25, 0.3) is 0 Å². The van der Waals surface area contributed by atoms with Gasteiger partial charge in [-0.3, -0.25) is 0 Å². The highest BCUT2D eigenvalue weighted by Crippen LogP contribution is 2.28. The predicted octanol–water partition coefficient (Wildman–Crippen LogP) is 2.42. The molecule has 0 bridgehead atoms. The molecule has 0 radical (unpaired) electrons. The van der Waals surface area contributed by atoms with E-state index in [-0.39, 0.29) is 0 Å². The molecule has 2 nitrogen and oxygen atoms in total. The Bertz CT molecular complexity index is 472. The minimum atomic E-state index is 1.00. The highest BCUT2D eigenvalue weighted by molar-refractivity contribution is 5.84. The standard InChI is InChI=1S/C12H13NO/c1-13-6-5-9-3-2-4-11-12(9)10(7-13)8-14-11/h2-4,8H,5-7H2,1H3. The Morgan fingerprint density at radius 1 is 1.29 bits per heavy atom. The van der Waals surface area contributed by atoms with Gasteiger partial charge in [0.05, 0.1) is 6.26 Å². The van der Waals surface area contributed by atoms with E-state index < -0.39 is 0 Å². The van der Waals surface area contributed by atoms with Gasteiger partial charge in [0.2, 0.25) is 0 Å². The molecule has 1 aliphatic rings. The van der Waals surface area contributed by atoms with Crippen molar-refractivity contribution in [1.82, 2.24) is 4.90 Å². The molecule has 1 aliphatic heterocycles. The number of furan rings is 1. The zero-order valence-corrected chi connectivity index (χ0v) is 8.29. The summed E-state index contributed by atoms with van der Waals surface area (Å²) in [5.74, 6) is 0. The number of benzene rings is 1. The molecular formula is C12H13NO. The minimum Gasteiger partial charge on any atom is -0.464 e. The van der Waals surface area contributed by atoms with Crippen LogP contribution in [-0.4, -0.2) is 18.5 Å². The van der Waals surface area contributed by atoms with Gasteiger partial charge in [0.1, 0.15) is 5.58 Å². The first kappa shape index (κ1) is 8.06. The minimum absolute atomic E-state index is 1.00. The Morgan fingerprint density at radius 2 is 2.21 bits per heavy atom. The largest absolute Gasteiger partial charge is 0.464 e. The highest BCUT2D eigenvalue weighted by Gasteiger charge is 2.15.